The van der Waals surface area contributed by atoms with Crippen LogP contribution in [-0.2, 0) is 0 Å². The molecule has 0 aliphatic carbocycles. The van der Waals surface area contributed by atoms with Crippen molar-refractivity contribution in [3.05, 3.63) is 58.0 Å². The van der Waals surface area contributed by atoms with Gasteiger partial charge in [0.2, 0.25) is 0 Å². The third kappa shape index (κ3) is 3.41. The highest BCUT2D eigenvalue weighted by Gasteiger charge is 2.16. The van der Waals surface area contributed by atoms with Crippen molar-refractivity contribution >= 4 is 33.7 Å². The molecule has 0 spiro atoms. The van der Waals surface area contributed by atoms with Gasteiger partial charge in [0.15, 0.2) is 11.5 Å². The van der Waals surface area contributed by atoms with Gasteiger partial charge in [-0.1, -0.05) is 6.07 Å². The Hall–Kier alpha value is -2.87. The minimum absolute atomic E-state index is 0.355. The van der Waals surface area contributed by atoms with Crippen LogP contribution in [0, 0.1) is 6.92 Å². The highest BCUT2D eigenvalue weighted by molar-refractivity contribution is 9.10. The second-order valence-corrected chi connectivity index (χ2v) is 6.32. The second-order valence-electron chi connectivity index (χ2n) is 5.40. The third-order valence-electron chi connectivity index (χ3n) is 3.77. The number of hydrogen-bond acceptors (Lipinski definition) is 5. The molecule has 0 unspecified atom stereocenters. The van der Waals surface area contributed by atoms with Gasteiger partial charge in [-0.05, 0) is 47.1 Å². The number of para-hydroxylation sites is 1. The van der Waals surface area contributed by atoms with Crippen LogP contribution in [0.2, 0.25) is 0 Å². The fraction of sp³-hybridized carbons (Fsp3) is 0.167. The van der Waals surface area contributed by atoms with Crippen LogP contribution in [0.4, 0.5) is 0 Å². The molecule has 26 heavy (non-hydrogen) atoms. The van der Waals surface area contributed by atoms with E-state index in [-0.39, 0.29) is 5.91 Å². The van der Waals surface area contributed by atoms with Crippen molar-refractivity contribution < 1.29 is 14.3 Å². The molecule has 0 aliphatic heterocycles. The second kappa shape index (κ2) is 7.57. The van der Waals surface area contributed by atoms with E-state index in [9.17, 15) is 4.79 Å². The van der Waals surface area contributed by atoms with E-state index < -0.39 is 0 Å². The van der Waals surface area contributed by atoms with Gasteiger partial charge in [-0.3, -0.25) is 9.20 Å². The predicted octanol–water partition coefficient (Wildman–Crippen LogP) is 3.19. The first-order valence-corrected chi connectivity index (χ1v) is 8.53. The van der Waals surface area contributed by atoms with Crippen LogP contribution in [-0.4, -0.2) is 35.7 Å². The van der Waals surface area contributed by atoms with E-state index in [2.05, 4.69) is 31.4 Å². The largest absolute Gasteiger partial charge is 0.493 e. The van der Waals surface area contributed by atoms with Crippen molar-refractivity contribution in [2.45, 2.75) is 6.92 Å². The zero-order chi connectivity index (χ0) is 18.7. The Balaban J connectivity index is 1.85. The number of hydrazone groups is 1. The number of carbonyl (C=O) groups excluding carboxylic acids is 1. The number of halogens is 1. The number of carbonyl (C=O) groups is 1. The summed E-state index contributed by atoms with van der Waals surface area (Å²) in [5.74, 6) is 0.777. The average molecular weight is 417 g/mol. The van der Waals surface area contributed by atoms with Crippen molar-refractivity contribution in [2.75, 3.05) is 14.2 Å². The van der Waals surface area contributed by atoms with E-state index in [0.29, 0.717) is 34.1 Å². The minimum atomic E-state index is -0.355. The smallest absolute Gasteiger partial charge is 0.290 e. The average Bonchev–Trinajstić information content (AvgIpc) is 2.96. The number of aryl methyl sites for hydroxylation is 1. The summed E-state index contributed by atoms with van der Waals surface area (Å²) < 4.78 is 13.2. The molecule has 134 valence electrons. The molecule has 0 radical (unpaired) electrons. The van der Waals surface area contributed by atoms with Gasteiger partial charge in [-0.25, -0.2) is 10.4 Å². The molecule has 7 nitrogen and oxygen atoms in total. The number of ether oxygens (including phenoxy) is 2. The highest BCUT2D eigenvalue weighted by Crippen LogP contribution is 2.29. The summed E-state index contributed by atoms with van der Waals surface area (Å²) in [6.07, 6.45) is 3.30. The molecule has 1 aromatic carbocycles. The van der Waals surface area contributed by atoms with E-state index in [0.717, 1.165) is 4.47 Å². The predicted molar refractivity (Wildman–Crippen MR) is 102 cm³/mol. The third-order valence-corrected chi connectivity index (χ3v) is 4.24. The molecule has 3 aromatic rings. The molecule has 2 aromatic heterocycles. The quantitative estimate of drug-likeness (QED) is 0.511. The van der Waals surface area contributed by atoms with Crippen LogP contribution < -0.4 is 14.9 Å². The van der Waals surface area contributed by atoms with E-state index in [1.807, 2.05) is 24.3 Å². The van der Waals surface area contributed by atoms with E-state index in [1.165, 1.54) is 6.21 Å². The number of hydrogen-bond donors (Lipinski definition) is 1. The van der Waals surface area contributed by atoms with E-state index in [4.69, 9.17) is 9.47 Å². The number of aromatic nitrogens is 2. The molecule has 1 amide bonds. The summed E-state index contributed by atoms with van der Waals surface area (Å²) >= 11 is 3.40. The molecule has 0 aliphatic rings. The van der Waals surface area contributed by atoms with Crippen molar-refractivity contribution in [1.29, 1.82) is 0 Å². The van der Waals surface area contributed by atoms with Gasteiger partial charge in [0.25, 0.3) is 5.91 Å². The van der Waals surface area contributed by atoms with Gasteiger partial charge in [-0.2, -0.15) is 5.10 Å². The Bertz CT molecular complexity index is 998. The summed E-state index contributed by atoms with van der Waals surface area (Å²) in [4.78, 5) is 16.9. The molecular weight excluding hydrogens is 400 g/mol. The molecule has 0 saturated heterocycles. The number of imidazole rings is 1. The first kappa shape index (κ1) is 17.9. The van der Waals surface area contributed by atoms with Crippen LogP contribution in [0.3, 0.4) is 0 Å². The standard InChI is InChI=1S/C18H17BrN4O3/c1-11-16(23-10-13(19)7-8-15(23)21-11)18(24)22-20-9-12-5-4-6-14(25-2)17(12)26-3/h4-10H,1-3H3,(H,22,24)/b20-9-. The molecule has 2 heterocycles. The lowest BCUT2D eigenvalue weighted by molar-refractivity contribution is 0.0948. The number of fused-ring (bicyclic) bond motifs is 1. The summed E-state index contributed by atoms with van der Waals surface area (Å²) in [5, 5.41) is 4.04. The Morgan fingerprint density at radius 3 is 2.81 bits per heavy atom. The van der Waals surface area contributed by atoms with Crippen molar-refractivity contribution in [2.24, 2.45) is 5.10 Å². The molecule has 0 atom stereocenters. The van der Waals surface area contributed by atoms with Crippen LogP contribution in [0.1, 0.15) is 21.7 Å². The number of rotatable bonds is 5. The molecule has 0 bridgehead atoms. The summed E-state index contributed by atoms with van der Waals surface area (Å²) in [5.41, 5.74) is 4.95. The van der Waals surface area contributed by atoms with Gasteiger partial charge >= 0.3 is 0 Å². The number of nitrogens with one attached hydrogen (secondary N) is 1. The molecule has 8 heteroatoms. The molecule has 0 fully saturated rings. The fourth-order valence-electron chi connectivity index (χ4n) is 2.64. The molecule has 3 rings (SSSR count). The lowest BCUT2D eigenvalue weighted by atomic mass is 10.2. The van der Waals surface area contributed by atoms with Crippen LogP contribution >= 0.6 is 15.9 Å². The summed E-state index contributed by atoms with van der Waals surface area (Å²) in [6.45, 7) is 1.78. The zero-order valence-corrected chi connectivity index (χ0v) is 16.1. The SMILES string of the molecule is COc1cccc(/C=N\NC(=O)c2c(C)nc3ccc(Br)cn23)c1OC. The number of benzene rings is 1. The normalized spacial score (nSPS) is 11.1. The molecular formula is C18H17BrN4O3. The van der Waals surface area contributed by atoms with Gasteiger partial charge in [0.05, 0.1) is 26.1 Å². The Morgan fingerprint density at radius 1 is 1.27 bits per heavy atom. The molecule has 1 N–H and O–H groups in total. The van der Waals surface area contributed by atoms with Gasteiger partial charge in [-0.15, -0.1) is 0 Å². The molecule has 0 saturated carbocycles. The topological polar surface area (TPSA) is 77.2 Å². The Kier molecular flexibility index (Phi) is 5.22. The minimum Gasteiger partial charge on any atom is -0.493 e. The summed E-state index contributed by atoms with van der Waals surface area (Å²) in [7, 11) is 3.11. The van der Waals surface area contributed by atoms with Crippen molar-refractivity contribution in [3.8, 4) is 11.5 Å². The highest BCUT2D eigenvalue weighted by atomic mass is 79.9. The van der Waals surface area contributed by atoms with Gasteiger partial charge in [0.1, 0.15) is 11.3 Å². The van der Waals surface area contributed by atoms with Crippen LogP contribution in [0.15, 0.2) is 46.1 Å². The summed E-state index contributed by atoms with van der Waals surface area (Å²) in [6, 6.07) is 9.12. The maximum absolute atomic E-state index is 12.6. The first-order chi connectivity index (χ1) is 12.5. The van der Waals surface area contributed by atoms with E-state index >= 15 is 0 Å². The number of nitrogens with zero attached hydrogens (tertiary/aromatic N) is 3. The number of amides is 1. The first-order valence-electron chi connectivity index (χ1n) is 7.73. The maximum Gasteiger partial charge on any atom is 0.290 e. The Morgan fingerprint density at radius 2 is 2.08 bits per heavy atom. The Labute approximate surface area is 158 Å². The fourth-order valence-corrected chi connectivity index (χ4v) is 2.97. The zero-order valence-electron chi connectivity index (χ0n) is 14.5. The van der Waals surface area contributed by atoms with Gasteiger partial charge < -0.3 is 9.47 Å². The van der Waals surface area contributed by atoms with Crippen LogP contribution in [0.5, 0.6) is 11.5 Å². The maximum atomic E-state index is 12.6. The number of pyridine rings is 1. The number of methoxy groups -OCH3 is 2. The van der Waals surface area contributed by atoms with E-state index in [1.54, 1.807) is 37.8 Å². The van der Waals surface area contributed by atoms with Gasteiger partial charge in [0, 0.05) is 16.2 Å². The van der Waals surface area contributed by atoms with Crippen molar-refractivity contribution in [1.82, 2.24) is 14.8 Å². The lowest BCUT2D eigenvalue weighted by Crippen LogP contribution is -2.20. The lowest BCUT2D eigenvalue weighted by Gasteiger charge is -2.09. The van der Waals surface area contributed by atoms with Crippen molar-refractivity contribution in [3.63, 3.8) is 0 Å². The van der Waals surface area contributed by atoms with Crippen LogP contribution in [0.25, 0.3) is 5.65 Å². The monoisotopic (exact) mass is 416 g/mol.